The summed E-state index contributed by atoms with van der Waals surface area (Å²) in [7, 11) is 0. The molecule has 0 aliphatic carbocycles. The minimum absolute atomic E-state index is 0.164. The number of ether oxygens (including phenoxy) is 1. The van der Waals surface area contributed by atoms with Gasteiger partial charge in [-0.25, -0.2) is 14.8 Å². The van der Waals surface area contributed by atoms with E-state index in [2.05, 4.69) is 9.97 Å². The molecule has 2 heterocycles. The van der Waals surface area contributed by atoms with Gasteiger partial charge in [-0.15, -0.1) is 0 Å². The van der Waals surface area contributed by atoms with E-state index in [1.807, 2.05) is 60.9 Å². The Morgan fingerprint density at radius 1 is 1.07 bits per heavy atom. The van der Waals surface area contributed by atoms with Gasteiger partial charge in [0.25, 0.3) is 0 Å². The molecule has 6 heteroatoms. The monoisotopic (exact) mass is 391 g/mol. The third-order valence-electron chi connectivity index (χ3n) is 4.32. The van der Waals surface area contributed by atoms with Crippen molar-refractivity contribution < 1.29 is 9.53 Å². The molecule has 0 radical (unpaired) electrons. The van der Waals surface area contributed by atoms with Crippen LogP contribution in [0.4, 0.5) is 0 Å². The number of esters is 1. The molecular weight excluding hydrogens is 374 g/mol. The van der Waals surface area contributed by atoms with Crippen LogP contribution in [-0.4, -0.2) is 26.6 Å². The van der Waals surface area contributed by atoms with Crippen LogP contribution in [0.15, 0.2) is 67.1 Å². The van der Waals surface area contributed by atoms with Crippen LogP contribution < -0.4 is 0 Å². The lowest BCUT2D eigenvalue weighted by molar-refractivity contribution is 0.0378. The molecule has 0 spiro atoms. The molecule has 0 atom stereocenters. The number of carbonyl (C=O) groups excluding carboxylic acids is 1. The zero-order valence-corrected chi connectivity index (χ0v) is 16.2. The maximum Gasteiger partial charge on any atom is 0.338 e. The van der Waals surface area contributed by atoms with Crippen LogP contribution in [0, 0.1) is 0 Å². The van der Waals surface area contributed by atoms with Gasteiger partial charge in [0.05, 0.1) is 22.7 Å². The molecule has 5 nitrogen and oxygen atoms in total. The minimum Gasteiger partial charge on any atom is -0.459 e. The van der Waals surface area contributed by atoms with E-state index >= 15 is 0 Å². The topological polar surface area (TPSA) is 57.0 Å². The summed E-state index contributed by atoms with van der Waals surface area (Å²) in [5.74, 6) is -0.348. The molecular formula is C22H18ClN3O2. The molecule has 0 fully saturated rings. The summed E-state index contributed by atoms with van der Waals surface area (Å²) in [6.45, 7) is 3.65. The maximum atomic E-state index is 12.1. The first-order valence-corrected chi connectivity index (χ1v) is 9.30. The molecule has 0 bridgehead atoms. The molecule has 0 N–H and O–H groups in total. The number of imidazole rings is 1. The van der Waals surface area contributed by atoms with Crippen LogP contribution >= 0.6 is 11.6 Å². The van der Waals surface area contributed by atoms with Crippen molar-refractivity contribution in [2.24, 2.45) is 0 Å². The van der Waals surface area contributed by atoms with Gasteiger partial charge in [-0.3, -0.25) is 4.57 Å². The molecule has 0 unspecified atom stereocenters. The van der Waals surface area contributed by atoms with Crippen molar-refractivity contribution in [3.63, 3.8) is 0 Å². The van der Waals surface area contributed by atoms with Crippen LogP contribution in [0.25, 0.3) is 27.8 Å². The van der Waals surface area contributed by atoms with Gasteiger partial charge < -0.3 is 4.74 Å². The van der Waals surface area contributed by atoms with E-state index in [4.69, 9.17) is 16.3 Å². The highest BCUT2D eigenvalue weighted by atomic mass is 35.5. The summed E-state index contributed by atoms with van der Waals surface area (Å²) in [5, 5.41) is 0.462. The highest BCUT2D eigenvalue weighted by Crippen LogP contribution is 2.28. The number of aromatic nitrogens is 3. The van der Waals surface area contributed by atoms with E-state index in [1.165, 1.54) is 0 Å². The summed E-state index contributed by atoms with van der Waals surface area (Å²) in [6, 6.07) is 17.2. The number of halogens is 1. The van der Waals surface area contributed by atoms with Crippen molar-refractivity contribution in [2.45, 2.75) is 20.0 Å². The zero-order valence-electron chi connectivity index (χ0n) is 15.5. The molecule has 0 saturated carbocycles. The molecule has 0 aliphatic rings. The molecule has 2 aromatic carbocycles. The Kier molecular flexibility index (Phi) is 4.84. The van der Waals surface area contributed by atoms with E-state index in [1.54, 1.807) is 24.7 Å². The van der Waals surface area contributed by atoms with Crippen molar-refractivity contribution in [3.05, 3.63) is 77.8 Å². The first-order chi connectivity index (χ1) is 13.5. The van der Waals surface area contributed by atoms with Gasteiger partial charge in [0.1, 0.15) is 11.5 Å². The number of carbonyl (C=O) groups is 1. The smallest absolute Gasteiger partial charge is 0.338 e. The summed E-state index contributed by atoms with van der Waals surface area (Å²) >= 11 is 6.24. The predicted octanol–water partition coefficient (Wildman–Crippen LogP) is 5.31. The zero-order chi connectivity index (χ0) is 19.7. The van der Waals surface area contributed by atoms with E-state index in [0.29, 0.717) is 10.7 Å². The molecule has 28 heavy (non-hydrogen) atoms. The number of benzene rings is 2. The average molecular weight is 392 g/mol. The molecule has 140 valence electrons. The second-order valence-electron chi connectivity index (χ2n) is 6.66. The fraction of sp³-hybridized carbons (Fsp3) is 0.136. The van der Waals surface area contributed by atoms with Gasteiger partial charge in [-0.2, -0.15) is 0 Å². The third kappa shape index (κ3) is 3.49. The largest absolute Gasteiger partial charge is 0.459 e. The summed E-state index contributed by atoms with van der Waals surface area (Å²) < 4.78 is 7.23. The first kappa shape index (κ1) is 18.2. The van der Waals surface area contributed by atoms with Gasteiger partial charge in [-0.1, -0.05) is 23.7 Å². The van der Waals surface area contributed by atoms with Crippen molar-refractivity contribution in [3.8, 4) is 16.8 Å². The van der Waals surface area contributed by atoms with Crippen LogP contribution in [0.3, 0.4) is 0 Å². The number of nitrogens with zero attached hydrogens (tertiary/aromatic N) is 3. The van der Waals surface area contributed by atoms with Crippen molar-refractivity contribution in [1.29, 1.82) is 0 Å². The number of fused-ring (bicyclic) bond motifs is 1. The van der Waals surface area contributed by atoms with E-state index in [0.717, 1.165) is 27.8 Å². The van der Waals surface area contributed by atoms with Crippen LogP contribution in [0.5, 0.6) is 0 Å². The Balaban J connectivity index is 1.73. The van der Waals surface area contributed by atoms with Crippen LogP contribution in [0.1, 0.15) is 24.2 Å². The standard InChI is InChI=1S/C22H18ClN3O2/c1-14(2)28-22(27)16-8-9-20-19(12-16)25-13-26(20)17-6-3-5-15(11-17)18-7-4-10-24-21(18)23/h3-14H,1-2H3. The fourth-order valence-electron chi connectivity index (χ4n) is 3.05. The van der Waals surface area contributed by atoms with E-state index in [-0.39, 0.29) is 12.1 Å². The van der Waals surface area contributed by atoms with Gasteiger partial charge >= 0.3 is 5.97 Å². The summed E-state index contributed by atoms with van der Waals surface area (Å²) in [5.41, 5.74) is 4.89. The second kappa shape index (κ2) is 7.44. The Morgan fingerprint density at radius 3 is 2.71 bits per heavy atom. The summed E-state index contributed by atoms with van der Waals surface area (Å²) in [4.78, 5) is 20.7. The molecule has 4 aromatic rings. The predicted molar refractivity (Wildman–Crippen MR) is 110 cm³/mol. The van der Waals surface area contributed by atoms with Gasteiger partial charge in [0, 0.05) is 17.4 Å². The fourth-order valence-corrected chi connectivity index (χ4v) is 3.28. The lowest BCUT2D eigenvalue weighted by Crippen LogP contribution is -2.11. The van der Waals surface area contributed by atoms with Crippen LogP contribution in [-0.2, 0) is 4.74 Å². The molecule has 0 saturated heterocycles. The highest BCUT2D eigenvalue weighted by Gasteiger charge is 2.13. The van der Waals surface area contributed by atoms with Gasteiger partial charge in [0.2, 0.25) is 0 Å². The number of hydrogen-bond acceptors (Lipinski definition) is 4. The van der Waals surface area contributed by atoms with Gasteiger partial charge in [-0.05, 0) is 61.9 Å². The van der Waals surface area contributed by atoms with Crippen LogP contribution in [0.2, 0.25) is 5.15 Å². The van der Waals surface area contributed by atoms with Crippen molar-refractivity contribution in [2.75, 3.05) is 0 Å². The SMILES string of the molecule is CC(C)OC(=O)c1ccc2c(c1)ncn2-c1cccc(-c2cccnc2Cl)c1. The Morgan fingerprint density at radius 2 is 1.93 bits per heavy atom. The van der Waals surface area contributed by atoms with E-state index in [9.17, 15) is 4.79 Å². The van der Waals surface area contributed by atoms with Crippen molar-refractivity contribution in [1.82, 2.24) is 14.5 Å². The van der Waals surface area contributed by atoms with E-state index < -0.39 is 0 Å². The third-order valence-corrected chi connectivity index (χ3v) is 4.62. The molecule has 0 amide bonds. The maximum absolute atomic E-state index is 12.1. The normalized spacial score (nSPS) is 11.1. The average Bonchev–Trinajstić information content (AvgIpc) is 3.11. The number of pyridine rings is 1. The quantitative estimate of drug-likeness (QED) is 0.349. The highest BCUT2D eigenvalue weighted by molar-refractivity contribution is 6.32. The summed E-state index contributed by atoms with van der Waals surface area (Å²) in [6.07, 6.45) is 3.25. The minimum atomic E-state index is -0.348. The Bertz CT molecular complexity index is 1170. The van der Waals surface area contributed by atoms with Gasteiger partial charge in [0.15, 0.2) is 0 Å². The lowest BCUT2D eigenvalue weighted by Gasteiger charge is -2.09. The second-order valence-corrected chi connectivity index (χ2v) is 7.02. The Hall–Kier alpha value is -3.18. The molecule has 0 aliphatic heterocycles. The van der Waals surface area contributed by atoms with Crippen molar-refractivity contribution >= 4 is 28.6 Å². The first-order valence-electron chi connectivity index (χ1n) is 8.92. The molecule has 4 rings (SSSR count). The molecule has 2 aromatic heterocycles. The number of hydrogen-bond donors (Lipinski definition) is 0. The lowest BCUT2D eigenvalue weighted by atomic mass is 10.1. The number of rotatable bonds is 4. The Labute approximate surface area is 167 Å².